The molecule has 1 aromatic carbocycles. The number of amides is 1. The van der Waals surface area contributed by atoms with Crippen molar-refractivity contribution in [1.29, 1.82) is 0 Å². The summed E-state index contributed by atoms with van der Waals surface area (Å²) in [5.41, 5.74) is 0.255. The van der Waals surface area contributed by atoms with Gasteiger partial charge in [0.1, 0.15) is 11.7 Å². The van der Waals surface area contributed by atoms with E-state index in [0.717, 1.165) is 9.87 Å². The van der Waals surface area contributed by atoms with Crippen LogP contribution in [0.1, 0.15) is 39.4 Å². The number of nitrogens with zero attached hydrogens (tertiary/aromatic N) is 1. The maximum absolute atomic E-state index is 12.1. The lowest BCUT2D eigenvalue weighted by atomic mass is 10.0. The highest BCUT2D eigenvalue weighted by Gasteiger charge is 2.44. The molecule has 1 aromatic rings. The van der Waals surface area contributed by atoms with Crippen molar-refractivity contribution in [2.75, 3.05) is 0 Å². The van der Waals surface area contributed by atoms with E-state index in [1.54, 1.807) is 27.7 Å². The molecule has 2 rings (SSSR count). The zero-order chi connectivity index (χ0) is 14.9. The van der Waals surface area contributed by atoms with Gasteiger partial charge in [0, 0.05) is 0 Å². The van der Waals surface area contributed by atoms with Crippen molar-refractivity contribution in [3.63, 3.8) is 0 Å². The molecule has 1 amide bonds. The first-order chi connectivity index (χ1) is 9.29. The van der Waals surface area contributed by atoms with Crippen LogP contribution in [-0.2, 0) is 20.2 Å². The van der Waals surface area contributed by atoms with E-state index >= 15 is 0 Å². The van der Waals surface area contributed by atoms with Crippen LogP contribution in [-0.4, -0.2) is 26.3 Å². The molecule has 1 aliphatic heterocycles. The number of ether oxygens (including phenoxy) is 1. The van der Waals surface area contributed by atoms with Gasteiger partial charge in [-0.2, -0.15) is 4.31 Å². The molecule has 0 saturated carbocycles. The Morgan fingerprint density at radius 1 is 1.30 bits per heavy atom. The summed E-state index contributed by atoms with van der Waals surface area (Å²) in [6.07, 6.45) is -1.04. The second-order valence-electron chi connectivity index (χ2n) is 5.69. The Morgan fingerprint density at radius 2 is 1.90 bits per heavy atom. The van der Waals surface area contributed by atoms with Gasteiger partial charge in [-0.1, -0.05) is 30.3 Å². The summed E-state index contributed by atoms with van der Waals surface area (Å²) in [4.78, 5) is 12.1. The van der Waals surface area contributed by atoms with Crippen LogP contribution in [0.2, 0.25) is 0 Å². The predicted octanol–water partition coefficient (Wildman–Crippen LogP) is 2.96. The molecular formula is C14H19NO4S. The Labute approximate surface area is 121 Å². The predicted molar refractivity (Wildman–Crippen MR) is 75.9 cm³/mol. The molecule has 110 valence electrons. The number of carbonyl (C=O) groups excluding carboxylic acids is 1. The smallest absolute Gasteiger partial charge is 0.424 e. The molecule has 1 fully saturated rings. The van der Waals surface area contributed by atoms with Crippen molar-refractivity contribution in [2.24, 2.45) is 0 Å². The first-order valence-electron chi connectivity index (χ1n) is 6.46. The van der Waals surface area contributed by atoms with Crippen LogP contribution < -0.4 is 0 Å². The molecule has 1 unspecified atom stereocenters. The Hall–Kier alpha value is -1.40. The van der Waals surface area contributed by atoms with Gasteiger partial charge in [0.25, 0.3) is 11.3 Å². The Bertz CT molecular complexity index is 512. The van der Waals surface area contributed by atoms with E-state index in [-0.39, 0.29) is 6.04 Å². The molecule has 0 N–H and O–H groups in total. The molecule has 0 aromatic heterocycles. The molecular weight excluding hydrogens is 278 g/mol. The zero-order valence-electron chi connectivity index (χ0n) is 12.0. The van der Waals surface area contributed by atoms with E-state index in [9.17, 15) is 9.00 Å². The second kappa shape index (κ2) is 5.54. The Kier molecular flexibility index (Phi) is 4.15. The van der Waals surface area contributed by atoms with E-state index in [1.165, 1.54) is 0 Å². The third-order valence-corrected chi connectivity index (χ3v) is 4.03. The fourth-order valence-electron chi connectivity index (χ4n) is 1.99. The van der Waals surface area contributed by atoms with Gasteiger partial charge in [0.2, 0.25) is 0 Å². The fraction of sp³-hybridized carbons (Fsp3) is 0.500. The van der Waals surface area contributed by atoms with Crippen LogP contribution in [0.25, 0.3) is 0 Å². The largest absolute Gasteiger partial charge is 0.443 e. The molecule has 6 heteroatoms. The molecule has 20 heavy (non-hydrogen) atoms. The van der Waals surface area contributed by atoms with Crippen LogP contribution in [0.4, 0.5) is 4.79 Å². The number of benzene rings is 1. The van der Waals surface area contributed by atoms with Crippen LogP contribution in [0, 0.1) is 0 Å². The van der Waals surface area contributed by atoms with Gasteiger partial charge in [-0.3, -0.25) is 4.18 Å². The topological polar surface area (TPSA) is 55.8 Å². The standard InChI is InChI=1S/C14H19NO4S/c1-10-12(11-8-6-5-7-9-11)19-20(17)15(10)13(16)18-14(2,3)4/h5-10,12H,1-4H3/t10-,12-,20?/m0/s1. The summed E-state index contributed by atoms with van der Waals surface area (Å²) in [6, 6.07) is 9.07. The van der Waals surface area contributed by atoms with E-state index in [0.29, 0.717) is 0 Å². The number of rotatable bonds is 1. The molecule has 0 bridgehead atoms. The lowest BCUT2D eigenvalue weighted by Crippen LogP contribution is -2.39. The molecule has 1 saturated heterocycles. The zero-order valence-corrected chi connectivity index (χ0v) is 12.8. The molecule has 0 spiro atoms. The molecule has 0 aliphatic carbocycles. The third-order valence-electron chi connectivity index (χ3n) is 2.86. The Morgan fingerprint density at radius 3 is 2.45 bits per heavy atom. The van der Waals surface area contributed by atoms with Crippen LogP contribution in [0.3, 0.4) is 0 Å². The normalized spacial score (nSPS) is 26.6. The van der Waals surface area contributed by atoms with E-state index in [2.05, 4.69) is 0 Å². The third kappa shape index (κ3) is 3.19. The number of hydrogen-bond acceptors (Lipinski definition) is 4. The highest BCUT2D eigenvalue weighted by atomic mass is 32.2. The summed E-state index contributed by atoms with van der Waals surface area (Å²) >= 11 is -1.83. The maximum atomic E-state index is 12.1. The molecule has 1 aliphatic rings. The lowest BCUT2D eigenvalue weighted by molar-refractivity contribution is 0.0350. The van der Waals surface area contributed by atoms with Crippen LogP contribution in [0.15, 0.2) is 30.3 Å². The summed E-state index contributed by atoms with van der Waals surface area (Å²) < 4.78 is 23.8. The van der Waals surface area contributed by atoms with Gasteiger partial charge >= 0.3 is 6.09 Å². The second-order valence-corrected chi connectivity index (χ2v) is 6.71. The SMILES string of the molecule is C[C@H]1[C@@H](c2ccccc2)OS(=O)N1C(=O)OC(C)(C)C. The van der Waals surface area contributed by atoms with Gasteiger partial charge in [0.05, 0.1) is 6.04 Å². The monoisotopic (exact) mass is 297 g/mol. The maximum Gasteiger partial charge on any atom is 0.424 e. The minimum Gasteiger partial charge on any atom is -0.443 e. The highest BCUT2D eigenvalue weighted by molar-refractivity contribution is 7.78. The van der Waals surface area contributed by atoms with Crippen LogP contribution >= 0.6 is 0 Å². The van der Waals surface area contributed by atoms with E-state index < -0.39 is 29.1 Å². The molecule has 5 nitrogen and oxygen atoms in total. The average molecular weight is 297 g/mol. The van der Waals surface area contributed by atoms with Gasteiger partial charge in [0.15, 0.2) is 0 Å². The Balaban J connectivity index is 2.17. The summed E-state index contributed by atoms with van der Waals surface area (Å²) in [5, 5.41) is 0. The van der Waals surface area contributed by atoms with Crippen molar-refractivity contribution in [3.05, 3.63) is 35.9 Å². The van der Waals surface area contributed by atoms with Gasteiger partial charge < -0.3 is 4.74 Å². The van der Waals surface area contributed by atoms with Gasteiger partial charge in [-0.15, -0.1) is 0 Å². The minimum absolute atomic E-state index is 0.354. The summed E-state index contributed by atoms with van der Waals surface area (Å²) in [6.45, 7) is 7.10. The van der Waals surface area contributed by atoms with Crippen LogP contribution in [0.5, 0.6) is 0 Å². The van der Waals surface area contributed by atoms with Crippen molar-refractivity contribution < 1.29 is 17.9 Å². The van der Waals surface area contributed by atoms with E-state index in [4.69, 9.17) is 8.92 Å². The minimum atomic E-state index is -1.83. The van der Waals surface area contributed by atoms with Crippen molar-refractivity contribution in [2.45, 2.75) is 45.4 Å². The molecule has 3 atom stereocenters. The first-order valence-corrected chi connectivity index (χ1v) is 7.49. The number of hydrogen-bond donors (Lipinski definition) is 0. The quantitative estimate of drug-likeness (QED) is 0.799. The number of carbonyl (C=O) groups is 1. The lowest BCUT2D eigenvalue weighted by Gasteiger charge is -2.25. The first kappa shape index (κ1) is 15.0. The molecule has 1 heterocycles. The van der Waals surface area contributed by atoms with Gasteiger partial charge in [-0.25, -0.2) is 9.00 Å². The highest BCUT2D eigenvalue weighted by Crippen LogP contribution is 2.34. The van der Waals surface area contributed by atoms with Gasteiger partial charge in [-0.05, 0) is 33.3 Å². The fourth-order valence-corrected chi connectivity index (χ4v) is 3.07. The van der Waals surface area contributed by atoms with Crippen molar-refractivity contribution >= 4 is 17.4 Å². The average Bonchev–Trinajstić information content (AvgIpc) is 2.64. The van der Waals surface area contributed by atoms with Crippen molar-refractivity contribution in [1.82, 2.24) is 4.31 Å². The van der Waals surface area contributed by atoms with E-state index in [1.807, 2.05) is 30.3 Å². The van der Waals surface area contributed by atoms with Crippen molar-refractivity contribution in [3.8, 4) is 0 Å². The summed E-state index contributed by atoms with van der Waals surface area (Å²) in [5.74, 6) is 0. The summed E-state index contributed by atoms with van der Waals surface area (Å²) in [7, 11) is 0. The molecule has 0 radical (unpaired) electrons.